The second kappa shape index (κ2) is 4.69. The van der Waals surface area contributed by atoms with Crippen LogP contribution in [0.25, 0.3) is 0 Å². The molecule has 4 nitrogen and oxygen atoms in total. The van der Waals surface area contributed by atoms with E-state index in [0.717, 1.165) is 19.6 Å². The zero-order valence-corrected chi connectivity index (χ0v) is 11.9. The van der Waals surface area contributed by atoms with Gasteiger partial charge < -0.3 is 10.5 Å². The molecule has 4 heterocycles. The maximum absolute atomic E-state index is 6.31. The van der Waals surface area contributed by atoms with Gasteiger partial charge in [0.25, 0.3) is 0 Å². The summed E-state index contributed by atoms with van der Waals surface area (Å²) in [6.45, 7) is 5.63. The van der Waals surface area contributed by atoms with Crippen molar-refractivity contribution in [2.75, 3.05) is 32.7 Å². The molecule has 4 heteroatoms. The third-order valence-corrected chi connectivity index (χ3v) is 6.09. The summed E-state index contributed by atoms with van der Waals surface area (Å²) in [6, 6.07) is 0.712. The Labute approximate surface area is 116 Å². The molecule has 0 aromatic rings. The predicted molar refractivity (Wildman–Crippen MR) is 75.1 cm³/mol. The third kappa shape index (κ3) is 1.88. The number of nitrogens with zero attached hydrogens (tertiary/aromatic N) is 2. The van der Waals surface area contributed by atoms with Crippen LogP contribution in [0.3, 0.4) is 0 Å². The minimum absolute atomic E-state index is 0.255. The summed E-state index contributed by atoms with van der Waals surface area (Å²) in [5.41, 5.74) is 6.56. The lowest BCUT2D eigenvalue weighted by molar-refractivity contribution is -0.0867. The lowest BCUT2D eigenvalue weighted by Gasteiger charge is -2.50. The summed E-state index contributed by atoms with van der Waals surface area (Å²) in [6.07, 6.45) is 8.88. The lowest BCUT2D eigenvalue weighted by Crippen LogP contribution is -2.65. The van der Waals surface area contributed by atoms with Crippen LogP contribution in [0.5, 0.6) is 0 Å². The number of hydrogen-bond donors (Lipinski definition) is 1. The van der Waals surface area contributed by atoms with Crippen LogP contribution in [-0.2, 0) is 4.74 Å². The summed E-state index contributed by atoms with van der Waals surface area (Å²) in [4.78, 5) is 5.45. The zero-order chi connectivity index (χ0) is 12.9. The molecule has 4 rings (SSSR count). The molecule has 0 amide bonds. The molecule has 0 saturated carbocycles. The van der Waals surface area contributed by atoms with Gasteiger partial charge in [-0.3, -0.25) is 9.80 Å². The number of fused-ring (bicyclic) bond motifs is 3. The number of piperidine rings is 1. The zero-order valence-electron chi connectivity index (χ0n) is 11.9. The number of morpholine rings is 1. The molecule has 4 unspecified atom stereocenters. The standard InChI is InChI=1S/C15H27N3O/c16-11-15(6-8-17-7-2-1-3-14(15)17)18-9-12-4-5-13(10-18)19-12/h12-14H,1-11,16H2. The Balaban J connectivity index is 1.59. The van der Waals surface area contributed by atoms with E-state index in [1.165, 1.54) is 51.6 Å². The van der Waals surface area contributed by atoms with Gasteiger partial charge in [-0.1, -0.05) is 6.42 Å². The highest BCUT2D eigenvalue weighted by Crippen LogP contribution is 2.41. The summed E-state index contributed by atoms with van der Waals surface area (Å²) in [5, 5.41) is 0. The molecule has 2 N–H and O–H groups in total. The molecular weight excluding hydrogens is 238 g/mol. The van der Waals surface area contributed by atoms with E-state index >= 15 is 0 Å². The van der Waals surface area contributed by atoms with Crippen LogP contribution in [-0.4, -0.2) is 66.3 Å². The van der Waals surface area contributed by atoms with Crippen molar-refractivity contribution in [2.24, 2.45) is 5.73 Å². The van der Waals surface area contributed by atoms with Gasteiger partial charge in [0, 0.05) is 32.2 Å². The monoisotopic (exact) mass is 265 g/mol. The molecular formula is C15H27N3O. The van der Waals surface area contributed by atoms with Crippen LogP contribution >= 0.6 is 0 Å². The minimum Gasteiger partial charge on any atom is -0.372 e. The van der Waals surface area contributed by atoms with E-state index in [9.17, 15) is 0 Å². The average Bonchev–Trinajstić information content (AvgIpc) is 3.00. The van der Waals surface area contributed by atoms with Gasteiger partial charge in [0.05, 0.1) is 17.7 Å². The Hall–Kier alpha value is -0.160. The summed E-state index contributed by atoms with van der Waals surface area (Å²) in [7, 11) is 0. The Morgan fingerprint density at radius 1 is 1.05 bits per heavy atom. The highest BCUT2D eigenvalue weighted by Gasteiger charge is 2.53. The van der Waals surface area contributed by atoms with Crippen LogP contribution in [0.1, 0.15) is 38.5 Å². The van der Waals surface area contributed by atoms with Crippen molar-refractivity contribution in [2.45, 2.75) is 62.3 Å². The largest absolute Gasteiger partial charge is 0.372 e. The number of nitrogens with two attached hydrogens (primary N) is 1. The molecule has 108 valence electrons. The third-order valence-electron chi connectivity index (χ3n) is 6.09. The van der Waals surface area contributed by atoms with Gasteiger partial charge in [0.1, 0.15) is 0 Å². The van der Waals surface area contributed by atoms with E-state index in [1.54, 1.807) is 0 Å². The number of hydrogen-bond acceptors (Lipinski definition) is 4. The molecule has 19 heavy (non-hydrogen) atoms. The highest BCUT2D eigenvalue weighted by molar-refractivity contribution is 5.10. The molecule has 4 fully saturated rings. The molecule has 4 atom stereocenters. The van der Waals surface area contributed by atoms with Crippen molar-refractivity contribution < 1.29 is 4.74 Å². The van der Waals surface area contributed by atoms with Gasteiger partial charge in [-0.15, -0.1) is 0 Å². The molecule has 4 saturated heterocycles. The number of ether oxygens (including phenoxy) is 1. The molecule has 0 spiro atoms. The first-order valence-electron chi connectivity index (χ1n) is 8.16. The first-order chi connectivity index (χ1) is 9.32. The Bertz CT molecular complexity index is 338. The van der Waals surface area contributed by atoms with E-state index in [2.05, 4.69) is 9.80 Å². The Kier molecular flexibility index (Phi) is 3.10. The molecule has 0 aliphatic carbocycles. The fourth-order valence-electron chi connectivity index (χ4n) is 5.09. The number of likely N-dealkylation sites (tertiary alicyclic amines) is 1. The molecule has 2 bridgehead atoms. The highest BCUT2D eigenvalue weighted by atomic mass is 16.5. The van der Waals surface area contributed by atoms with Gasteiger partial charge in [-0.25, -0.2) is 0 Å². The van der Waals surface area contributed by atoms with E-state index in [1.807, 2.05) is 0 Å². The van der Waals surface area contributed by atoms with Crippen molar-refractivity contribution >= 4 is 0 Å². The Morgan fingerprint density at radius 3 is 2.58 bits per heavy atom. The fourth-order valence-corrected chi connectivity index (χ4v) is 5.09. The second-order valence-corrected chi connectivity index (χ2v) is 6.97. The SMILES string of the molecule is NCC1(N2CC3CCC(C2)O3)CCN2CCCCC21. The second-order valence-electron chi connectivity index (χ2n) is 6.97. The van der Waals surface area contributed by atoms with E-state index in [4.69, 9.17) is 10.5 Å². The van der Waals surface area contributed by atoms with E-state index < -0.39 is 0 Å². The van der Waals surface area contributed by atoms with Crippen LogP contribution in [0.4, 0.5) is 0 Å². The van der Waals surface area contributed by atoms with Gasteiger partial charge in [-0.05, 0) is 38.6 Å². The van der Waals surface area contributed by atoms with Crippen molar-refractivity contribution in [3.8, 4) is 0 Å². The summed E-state index contributed by atoms with van der Waals surface area (Å²) >= 11 is 0. The minimum atomic E-state index is 0.255. The Morgan fingerprint density at radius 2 is 1.84 bits per heavy atom. The van der Waals surface area contributed by atoms with Crippen molar-refractivity contribution in [3.63, 3.8) is 0 Å². The van der Waals surface area contributed by atoms with Crippen LogP contribution in [0, 0.1) is 0 Å². The van der Waals surface area contributed by atoms with Gasteiger partial charge in [0.15, 0.2) is 0 Å². The quantitative estimate of drug-likeness (QED) is 0.802. The molecule has 0 radical (unpaired) electrons. The van der Waals surface area contributed by atoms with E-state index in [-0.39, 0.29) is 5.54 Å². The maximum Gasteiger partial charge on any atom is 0.0707 e. The van der Waals surface area contributed by atoms with Crippen LogP contribution < -0.4 is 5.73 Å². The smallest absolute Gasteiger partial charge is 0.0707 e. The van der Waals surface area contributed by atoms with Gasteiger partial charge in [-0.2, -0.15) is 0 Å². The number of rotatable bonds is 2. The first kappa shape index (κ1) is 12.6. The molecule has 0 aromatic heterocycles. The normalized spacial score (nSPS) is 47.5. The fraction of sp³-hybridized carbons (Fsp3) is 1.00. The van der Waals surface area contributed by atoms with Crippen molar-refractivity contribution in [1.29, 1.82) is 0 Å². The predicted octanol–water partition coefficient (Wildman–Crippen LogP) is 0.805. The topological polar surface area (TPSA) is 41.7 Å². The molecule has 0 aromatic carbocycles. The van der Waals surface area contributed by atoms with Crippen LogP contribution in [0.2, 0.25) is 0 Å². The first-order valence-corrected chi connectivity index (χ1v) is 8.16. The molecule has 4 aliphatic rings. The van der Waals surface area contributed by atoms with E-state index in [0.29, 0.717) is 18.2 Å². The van der Waals surface area contributed by atoms with Crippen molar-refractivity contribution in [3.05, 3.63) is 0 Å². The lowest BCUT2D eigenvalue weighted by atomic mass is 9.83. The summed E-state index contributed by atoms with van der Waals surface area (Å²) in [5.74, 6) is 0. The maximum atomic E-state index is 6.31. The molecule has 4 aliphatic heterocycles. The van der Waals surface area contributed by atoms with Crippen LogP contribution in [0.15, 0.2) is 0 Å². The average molecular weight is 265 g/mol. The van der Waals surface area contributed by atoms with Crippen molar-refractivity contribution in [1.82, 2.24) is 9.80 Å². The summed E-state index contributed by atoms with van der Waals surface area (Å²) < 4.78 is 6.02. The van der Waals surface area contributed by atoms with Gasteiger partial charge >= 0.3 is 0 Å². The van der Waals surface area contributed by atoms with Gasteiger partial charge in [0.2, 0.25) is 0 Å².